The fraction of sp³-hybridized carbons (Fsp3) is 0.333. The maximum Gasteiger partial charge on any atom is 0.163 e. The van der Waals surface area contributed by atoms with E-state index < -0.39 is 11.9 Å². The lowest BCUT2D eigenvalue weighted by Crippen LogP contribution is -2.43. The van der Waals surface area contributed by atoms with Gasteiger partial charge in [-0.05, 0) is 29.8 Å². The van der Waals surface area contributed by atoms with Crippen LogP contribution in [0.2, 0.25) is 0 Å². The molecule has 2 aromatic carbocycles. The molecule has 0 aliphatic carbocycles. The van der Waals surface area contributed by atoms with Crippen LogP contribution in [-0.2, 0) is 4.74 Å². The Bertz CT molecular complexity index is 696. The molecule has 0 amide bonds. The molecule has 0 radical (unpaired) electrons. The predicted molar refractivity (Wildman–Crippen MR) is 92.6 cm³/mol. The summed E-state index contributed by atoms with van der Waals surface area (Å²) in [5.41, 5.74) is 0.648. The van der Waals surface area contributed by atoms with E-state index in [0.29, 0.717) is 24.5 Å². The molecule has 1 fully saturated rings. The second-order valence-electron chi connectivity index (χ2n) is 5.50. The molecular formula is C18H20ClF2NO3. The van der Waals surface area contributed by atoms with Crippen LogP contribution in [0, 0.1) is 11.6 Å². The highest BCUT2D eigenvalue weighted by Gasteiger charge is 2.29. The molecule has 1 heterocycles. The first-order chi connectivity index (χ1) is 11.7. The number of hydrogen-bond acceptors (Lipinski definition) is 4. The number of halogens is 3. The van der Waals surface area contributed by atoms with E-state index in [1.54, 1.807) is 12.1 Å². The third-order valence-corrected chi connectivity index (χ3v) is 3.85. The summed E-state index contributed by atoms with van der Waals surface area (Å²) >= 11 is 0. The molecule has 0 unspecified atom stereocenters. The number of hydrogen-bond donors (Lipinski definition) is 1. The fourth-order valence-electron chi connectivity index (χ4n) is 2.70. The van der Waals surface area contributed by atoms with Crippen LogP contribution in [-0.4, -0.2) is 32.9 Å². The van der Waals surface area contributed by atoms with Crippen molar-refractivity contribution in [2.75, 3.05) is 26.8 Å². The molecule has 1 aliphatic rings. The Morgan fingerprint density at radius 1 is 1.12 bits per heavy atom. The van der Waals surface area contributed by atoms with Gasteiger partial charge in [0.15, 0.2) is 17.6 Å². The minimum Gasteiger partial charge on any atom is -0.493 e. The highest BCUT2D eigenvalue weighted by molar-refractivity contribution is 5.85. The number of methoxy groups -OCH3 is 1. The molecule has 0 spiro atoms. The van der Waals surface area contributed by atoms with Crippen LogP contribution in [0.5, 0.6) is 11.5 Å². The Morgan fingerprint density at radius 3 is 2.60 bits per heavy atom. The molecule has 4 nitrogen and oxygen atoms in total. The first-order valence-corrected chi connectivity index (χ1v) is 7.75. The highest BCUT2D eigenvalue weighted by Crippen LogP contribution is 2.34. The molecule has 2 aromatic rings. The molecule has 136 valence electrons. The maximum atomic E-state index is 13.6. The molecule has 1 N–H and O–H groups in total. The van der Waals surface area contributed by atoms with Gasteiger partial charge in [0, 0.05) is 19.2 Å². The predicted octanol–water partition coefficient (Wildman–Crippen LogP) is 3.50. The maximum absolute atomic E-state index is 13.6. The standard InChI is InChI=1S/C18H19F2NO3.ClH/c1-22-16-10-14(20)5-6-15(16)24-18(17-11-21-7-8-23-17)12-3-2-4-13(19)9-12;/h2-6,9-10,17-18,21H,7-8,11H2,1H3;1H/t17-,18-;/m0./s1. The summed E-state index contributed by atoms with van der Waals surface area (Å²) in [6, 6.07) is 10.2. The monoisotopic (exact) mass is 371 g/mol. The number of ether oxygens (including phenoxy) is 3. The largest absolute Gasteiger partial charge is 0.493 e. The zero-order chi connectivity index (χ0) is 16.9. The molecule has 1 aliphatic heterocycles. The summed E-state index contributed by atoms with van der Waals surface area (Å²) in [5.74, 6) is -0.115. The topological polar surface area (TPSA) is 39.7 Å². The Kier molecular flexibility index (Phi) is 6.99. The molecular weight excluding hydrogens is 352 g/mol. The SMILES string of the molecule is COc1cc(F)ccc1O[C@@H](c1cccc(F)c1)[C@@H]1CNCCO1.Cl. The third-order valence-electron chi connectivity index (χ3n) is 3.85. The first-order valence-electron chi connectivity index (χ1n) is 7.75. The summed E-state index contributed by atoms with van der Waals surface area (Å²) in [4.78, 5) is 0. The second kappa shape index (κ2) is 8.99. The Balaban J connectivity index is 0.00000225. The van der Waals surface area contributed by atoms with Crippen molar-refractivity contribution >= 4 is 12.4 Å². The number of benzene rings is 2. The number of nitrogens with one attached hydrogen (secondary N) is 1. The van der Waals surface area contributed by atoms with Crippen molar-refractivity contribution in [2.45, 2.75) is 12.2 Å². The van der Waals surface area contributed by atoms with Crippen molar-refractivity contribution in [3.8, 4) is 11.5 Å². The van der Waals surface area contributed by atoms with Gasteiger partial charge >= 0.3 is 0 Å². The lowest BCUT2D eigenvalue weighted by atomic mass is 10.0. The Hall–Kier alpha value is -1.89. The van der Waals surface area contributed by atoms with E-state index in [9.17, 15) is 8.78 Å². The van der Waals surface area contributed by atoms with Crippen molar-refractivity contribution in [1.82, 2.24) is 5.32 Å². The van der Waals surface area contributed by atoms with Gasteiger partial charge in [0.05, 0.1) is 13.7 Å². The zero-order valence-corrected chi connectivity index (χ0v) is 14.5. The van der Waals surface area contributed by atoms with Crippen LogP contribution in [0.25, 0.3) is 0 Å². The summed E-state index contributed by atoms with van der Waals surface area (Å²) in [5, 5.41) is 3.23. The molecule has 0 bridgehead atoms. The van der Waals surface area contributed by atoms with Gasteiger partial charge in [-0.3, -0.25) is 0 Å². The smallest absolute Gasteiger partial charge is 0.163 e. The summed E-state index contributed by atoms with van der Waals surface area (Å²) in [6.07, 6.45) is -0.844. The van der Waals surface area contributed by atoms with E-state index in [2.05, 4.69) is 5.32 Å². The normalized spacial score (nSPS) is 18.1. The van der Waals surface area contributed by atoms with Crippen LogP contribution in [0.4, 0.5) is 8.78 Å². The van der Waals surface area contributed by atoms with E-state index in [-0.39, 0.29) is 30.1 Å². The van der Waals surface area contributed by atoms with Gasteiger partial charge in [-0.1, -0.05) is 12.1 Å². The van der Waals surface area contributed by atoms with Crippen LogP contribution < -0.4 is 14.8 Å². The van der Waals surface area contributed by atoms with Crippen molar-refractivity contribution in [3.63, 3.8) is 0 Å². The quantitative estimate of drug-likeness (QED) is 0.873. The van der Waals surface area contributed by atoms with Gasteiger partial charge in [0.2, 0.25) is 0 Å². The van der Waals surface area contributed by atoms with Crippen LogP contribution in [0.1, 0.15) is 11.7 Å². The van der Waals surface area contributed by atoms with E-state index in [4.69, 9.17) is 14.2 Å². The summed E-state index contributed by atoms with van der Waals surface area (Å²) in [7, 11) is 1.44. The van der Waals surface area contributed by atoms with Crippen molar-refractivity contribution in [2.24, 2.45) is 0 Å². The third kappa shape index (κ3) is 4.81. The van der Waals surface area contributed by atoms with Gasteiger partial charge in [-0.2, -0.15) is 0 Å². The number of morpholine rings is 1. The van der Waals surface area contributed by atoms with Gasteiger partial charge in [0.25, 0.3) is 0 Å². The van der Waals surface area contributed by atoms with E-state index in [1.807, 2.05) is 0 Å². The van der Waals surface area contributed by atoms with Crippen LogP contribution in [0.15, 0.2) is 42.5 Å². The first kappa shape index (κ1) is 19.4. The molecule has 25 heavy (non-hydrogen) atoms. The molecule has 7 heteroatoms. The summed E-state index contributed by atoms with van der Waals surface area (Å²) in [6.45, 7) is 1.87. The Labute approximate surface area is 151 Å². The van der Waals surface area contributed by atoms with Gasteiger partial charge in [-0.25, -0.2) is 8.78 Å². The highest BCUT2D eigenvalue weighted by atomic mass is 35.5. The van der Waals surface area contributed by atoms with Crippen LogP contribution >= 0.6 is 12.4 Å². The Morgan fingerprint density at radius 2 is 1.92 bits per heavy atom. The van der Waals surface area contributed by atoms with Gasteiger partial charge in [0.1, 0.15) is 17.7 Å². The molecule has 1 saturated heterocycles. The fourth-order valence-corrected chi connectivity index (χ4v) is 2.70. The van der Waals surface area contributed by atoms with Crippen molar-refractivity contribution in [3.05, 3.63) is 59.7 Å². The second-order valence-corrected chi connectivity index (χ2v) is 5.50. The lowest BCUT2D eigenvalue weighted by molar-refractivity contribution is -0.0439. The average molecular weight is 372 g/mol. The van der Waals surface area contributed by atoms with Gasteiger partial charge < -0.3 is 19.5 Å². The average Bonchev–Trinajstić information content (AvgIpc) is 2.61. The van der Waals surface area contributed by atoms with Crippen molar-refractivity contribution < 1.29 is 23.0 Å². The molecule has 3 rings (SSSR count). The lowest BCUT2D eigenvalue weighted by Gasteiger charge is -2.32. The van der Waals surface area contributed by atoms with Crippen molar-refractivity contribution in [1.29, 1.82) is 0 Å². The van der Waals surface area contributed by atoms with E-state index in [0.717, 1.165) is 6.54 Å². The van der Waals surface area contributed by atoms with Gasteiger partial charge in [-0.15, -0.1) is 12.4 Å². The van der Waals surface area contributed by atoms with E-state index >= 15 is 0 Å². The van der Waals surface area contributed by atoms with E-state index in [1.165, 1.54) is 37.4 Å². The molecule has 2 atom stereocenters. The minimum atomic E-state index is -0.548. The zero-order valence-electron chi connectivity index (χ0n) is 13.7. The molecule has 0 saturated carbocycles. The summed E-state index contributed by atoms with van der Waals surface area (Å²) < 4.78 is 44.0. The molecule has 0 aromatic heterocycles. The van der Waals surface area contributed by atoms with Crippen LogP contribution in [0.3, 0.4) is 0 Å². The minimum absolute atomic E-state index is 0. The number of rotatable bonds is 5.